The van der Waals surface area contributed by atoms with Gasteiger partial charge in [-0.2, -0.15) is 4.57 Å². The van der Waals surface area contributed by atoms with E-state index in [2.05, 4.69) is 32.9 Å². The summed E-state index contributed by atoms with van der Waals surface area (Å²) in [4.78, 5) is 0. The molecule has 50 heavy (non-hydrogen) atoms. The Morgan fingerprint density at radius 2 is 0.680 bits per heavy atom. The molecule has 0 bridgehead atoms. The zero-order chi connectivity index (χ0) is 35.5. The summed E-state index contributed by atoms with van der Waals surface area (Å²) in [7, 11) is -7.47. The van der Waals surface area contributed by atoms with Crippen LogP contribution in [0.3, 0.4) is 0 Å². The van der Waals surface area contributed by atoms with Gasteiger partial charge in [0.2, 0.25) is 0 Å². The van der Waals surface area contributed by atoms with Crippen molar-refractivity contribution in [2.24, 2.45) is 0 Å². The lowest BCUT2D eigenvalue weighted by Gasteiger charge is -2.27. The maximum atomic E-state index is 13.8. The van der Waals surface area contributed by atoms with E-state index in [9.17, 15) is 9.13 Å². The molecular formula is C41H40O7P2. The molecule has 1 unspecified atom stereocenters. The van der Waals surface area contributed by atoms with Crippen molar-refractivity contribution in [1.82, 2.24) is 0 Å². The minimum atomic E-state index is -4.09. The summed E-state index contributed by atoms with van der Waals surface area (Å²) in [6.45, 7) is 7.70. The van der Waals surface area contributed by atoms with E-state index in [1.54, 1.807) is 97.1 Å². The van der Waals surface area contributed by atoms with Crippen LogP contribution in [0.4, 0.5) is 0 Å². The normalized spacial score (nSPS) is 12.3. The second-order valence-corrected chi connectivity index (χ2v) is 15.3. The topological polar surface area (TPSA) is 80.3 Å². The van der Waals surface area contributed by atoms with Crippen LogP contribution >= 0.6 is 15.4 Å². The number of phosphoric acid groups is 1. The molecule has 0 fully saturated rings. The average molecular weight is 707 g/mol. The van der Waals surface area contributed by atoms with Crippen LogP contribution < -0.4 is 22.6 Å². The van der Waals surface area contributed by atoms with Gasteiger partial charge in [-0.1, -0.05) is 129 Å². The molecular weight excluding hydrogens is 666 g/mol. The van der Waals surface area contributed by atoms with Gasteiger partial charge in [0.1, 0.15) is 28.7 Å². The fraction of sp³-hybridized carbons (Fsp3) is 0.122. The molecule has 0 saturated heterocycles. The van der Waals surface area contributed by atoms with Gasteiger partial charge in [-0.3, -0.25) is 0 Å². The zero-order valence-electron chi connectivity index (χ0n) is 28.4. The molecule has 1 atom stereocenters. The van der Waals surface area contributed by atoms with Crippen molar-refractivity contribution in [3.8, 4) is 28.7 Å². The predicted octanol–water partition coefficient (Wildman–Crippen LogP) is 11.9. The van der Waals surface area contributed by atoms with Gasteiger partial charge in [0.05, 0.1) is 6.66 Å². The summed E-state index contributed by atoms with van der Waals surface area (Å²) < 4.78 is 55.2. The monoisotopic (exact) mass is 706 g/mol. The molecule has 0 aliphatic heterocycles. The second-order valence-electron chi connectivity index (χ2n) is 11.9. The minimum Gasteiger partial charge on any atom is -0.416 e. The Kier molecular flexibility index (Phi) is 11.9. The Labute approximate surface area is 294 Å². The highest BCUT2D eigenvalue weighted by Gasteiger charge is 2.33. The highest BCUT2D eigenvalue weighted by molar-refractivity contribution is 7.53. The number of phosphoric ester groups is 1. The van der Waals surface area contributed by atoms with Crippen molar-refractivity contribution in [3.63, 3.8) is 0 Å². The number of aryl methyl sites for hydroxylation is 1. The van der Waals surface area contributed by atoms with Crippen molar-refractivity contribution in [3.05, 3.63) is 187 Å². The fourth-order valence-electron chi connectivity index (χ4n) is 4.85. The van der Waals surface area contributed by atoms with Gasteiger partial charge in [0, 0.05) is 5.41 Å². The summed E-state index contributed by atoms with van der Waals surface area (Å²) in [6.07, 6.45) is 0. The van der Waals surface area contributed by atoms with Gasteiger partial charge in [0.15, 0.2) is 0 Å². The first-order valence-corrected chi connectivity index (χ1v) is 19.5. The summed E-state index contributed by atoms with van der Waals surface area (Å²) in [5.41, 5.74) is 2.92. The molecule has 0 aromatic heterocycles. The van der Waals surface area contributed by atoms with Crippen molar-refractivity contribution in [2.45, 2.75) is 26.2 Å². The Bertz CT molecular complexity index is 1960. The van der Waals surface area contributed by atoms with E-state index in [0.29, 0.717) is 28.7 Å². The van der Waals surface area contributed by atoms with Gasteiger partial charge in [-0.25, -0.2) is 4.57 Å². The standard InChI is InChI=1S/C34H32O7P2.C7H8/c1-34(2,27-19-23-32(24-20-27)38-42(3,35)37-29-13-7-4-8-14-29)28-21-25-33(26-22-28)41-43(36,39-30-15-9-5-10-16-30)40-31-17-11-6-12-18-31;1-7-5-3-2-4-6-7/h4-26H,1-3H3;2-6H,1H3. The third-order valence-electron chi connectivity index (χ3n) is 7.52. The summed E-state index contributed by atoms with van der Waals surface area (Å²) in [6, 6.07) is 51.4. The van der Waals surface area contributed by atoms with Gasteiger partial charge in [0.25, 0.3) is 0 Å². The Balaban J connectivity index is 0.000000619. The van der Waals surface area contributed by atoms with Crippen LogP contribution in [0, 0.1) is 6.92 Å². The predicted molar refractivity (Wildman–Crippen MR) is 200 cm³/mol. The second kappa shape index (κ2) is 16.5. The van der Waals surface area contributed by atoms with E-state index in [-0.39, 0.29) is 0 Å². The van der Waals surface area contributed by atoms with Crippen LogP contribution in [0.5, 0.6) is 28.7 Å². The summed E-state index contributed by atoms with van der Waals surface area (Å²) in [5, 5.41) is 0. The lowest BCUT2D eigenvalue weighted by Crippen LogP contribution is -2.18. The number of hydrogen-bond donors (Lipinski definition) is 0. The van der Waals surface area contributed by atoms with Crippen LogP contribution in [0.2, 0.25) is 0 Å². The number of rotatable bonds is 12. The lowest BCUT2D eigenvalue weighted by molar-refractivity contribution is 0.298. The van der Waals surface area contributed by atoms with Crippen LogP contribution in [-0.2, 0) is 14.5 Å². The molecule has 0 amide bonds. The highest BCUT2D eigenvalue weighted by Crippen LogP contribution is 2.50. The first-order chi connectivity index (χ1) is 24.0. The highest BCUT2D eigenvalue weighted by atomic mass is 31.2. The Hall–Kier alpha value is -5.22. The first kappa shape index (κ1) is 36.1. The molecule has 0 N–H and O–H groups in total. The quantitative estimate of drug-likeness (QED) is 0.117. The minimum absolute atomic E-state index is 0.329. The maximum absolute atomic E-state index is 13.8. The molecule has 0 aliphatic rings. The summed E-state index contributed by atoms with van der Waals surface area (Å²) >= 11 is 0. The van der Waals surface area contributed by atoms with Gasteiger partial charge >= 0.3 is 15.4 Å². The Morgan fingerprint density at radius 3 is 1.00 bits per heavy atom. The van der Waals surface area contributed by atoms with Crippen molar-refractivity contribution in [1.29, 1.82) is 0 Å². The lowest BCUT2D eigenvalue weighted by atomic mass is 9.78. The molecule has 0 heterocycles. The molecule has 7 nitrogen and oxygen atoms in total. The molecule has 0 saturated carbocycles. The molecule has 0 spiro atoms. The van der Waals surface area contributed by atoms with Crippen LogP contribution in [-0.4, -0.2) is 6.66 Å². The molecule has 0 aliphatic carbocycles. The van der Waals surface area contributed by atoms with Crippen LogP contribution in [0.15, 0.2) is 170 Å². The first-order valence-electron chi connectivity index (χ1n) is 16.0. The number of para-hydroxylation sites is 3. The molecule has 6 rings (SSSR count). The molecule has 0 radical (unpaired) electrons. The fourth-order valence-corrected chi connectivity index (χ4v) is 7.15. The summed E-state index contributed by atoms with van der Waals surface area (Å²) in [5.74, 6) is 1.97. The van der Waals surface area contributed by atoms with E-state index >= 15 is 0 Å². The molecule has 6 aromatic carbocycles. The van der Waals surface area contributed by atoms with Crippen molar-refractivity contribution >= 4 is 15.4 Å². The zero-order valence-corrected chi connectivity index (χ0v) is 30.2. The molecule has 9 heteroatoms. The third kappa shape index (κ3) is 10.6. The molecule has 256 valence electrons. The van der Waals surface area contributed by atoms with E-state index in [1.807, 2.05) is 60.7 Å². The SMILES string of the molecule is CC(C)(c1ccc(OP(C)(=O)Oc2ccccc2)cc1)c1ccc(OP(=O)(Oc2ccccc2)Oc2ccccc2)cc1.Cc1ccccc1. The van der Waals surface area contributed by atoms with Crippen molar-refractivity contribution in [2.75, 3.05) is 6.66 Å². The largest absolute Gasteiger partial charge is 0.647 e. The van der Waals surface area contributed by atoms with Gasteiger partial charge in [-0.15, -0.1) is 0 Å². The smallest absolute Gasteiger partial charge is 0.416 e. The van der Waals surface area contributed by atoms with Crippen LogP contribution in [0.25, 0.3) is 0 Å². The van der Waals surface area contributed by atoms with Crippen LogP contribution in [0.1, 0.15) is 30.5 Å². The average Bonchev–Trinajstić information content (AvgIpc) is 3.10. The van der Waals surface area contributed by atoms with Gasteiger partial charge in [-0.05, 0) is 78.7 Å². The van der Waals surface area contributed by atoms with Crippen molar-refractivity contribution < 1.29 is 31.7 Å². The third-order valence-corrected chi connectivity index (χ3v) is 9.90. The number of hydrogen-bond acceptors (Lipinski definition) is 7. The Morgan fingerprint density at radius 1 is 0.400 bits per heavy atom. The van der Waals surface area contributed by atoms with E-state index in [4.69, 9.17) is 22.6 Å². The van der Waals surface area contributed by atoms with E-state index < -0.39 is 20.8 Å². The van der Waals surface area contributed by atoms with E-state index in [0.717, 1.165) is 11.1 Å². The maximum Gasteiger partial charge on any atom is 0.647 e. The molecule has 6 aromatic rings. The van der Waals surface area contributed by atoms with E-state index in [1.165, 1.54) is 12.2 Å². The van der Waals surface area contributed by atoms with Gasteiger partial charge < -0.3 is 22.6 Å². The number of benzene rings is 6.